The van der Waals surface area contributed by atoms with Crippen LogP contribution >= 0.6 is 23.4 Å². The van der Waals surface area contributed by atoms with Crippen molar-refractivity contribution < 1.29 is 8.42 Å². The summed E-state index contributed by atoms with van der Waals surface area (Å²) in [7, 11) is 0.328. The number of primary sulfonamides is 1. The molecule has 0 unspecified atom stereocenters. The minimum atomic E-state index is -3.74. The van der Waals surface area contributed by atoms with E-state index >= 15 is 0 Å². The maximum absolute atomic E-state index is 11.8. The number of hydrogen-bond donors (Lipinski definition) is 2. The highest BCUT2D eigenvalue weighted by Gasteiger charge is 2.16. The van der Waals surface area contributed by atoms with Gasteiger partial charge in [-0.05, 0) is 49.5 Å². The van der Waals surface area contributed by atoms with E-state index in [1.54, 1.807) is 30.0 Å². The zero-order chi connectivity index (χ0) is 20.3. The Morgan fingerprint density at radius 1 is 1.14 bits per heavy atom. The quantitative estimate of drug-likeness (QED) is 0.558. The summed E-state index contributed by atoms with van der Waals surface area (Å²) in [5, 5.41) is 7.00. The van der Waals surface area contributed by atoms with Crippen molar-refractivity contribution in [1.29, 1.82) is 0 Å². The summed E-state index contributed by atoms with van der Waals surface area (Å²) in [6.45, 7) is 0.900. The van der Waals surface area contributed by atoms with Crippen LogP contribution in [0.5, 0.6) is 0 Å². The second kappa shape index (κ2) is 8.88. The Balaban J connectivity index is 1.91. The Labute approximate surface area is 175 Å². The molecule has 1 heterocycles. The lowest BCUT2D eigenvalue weighted by Crippen LogP contribution is -2.15. The Kier molecular flexibility index (Phi) is 6.73. The molecule has 0 amide bonds. The minimum absolute atomic E-state index is 0.135. The highest BCUT2D eigenvalue weighted by Crippen LogP contribution is 2.31. The van der Waals surface area contributed by atoms with Crippen molar-refractivity contribution in [2.45, 2.75) is 22.8 Å². The van der Waals surface area contributed by atoms with E-state index in [0.29, 0.717) is 0 Å². The first-order valence-electron chi connectivity index (χ1n) is 8.88. The fourth-order valence-corrected chi connectivity index (χ4v) is 4.98. The van der Waals surface area contributed by atoms with Gasteiger partial charge in [0.2, 0.25) is 10.0 Å². The normalized spacial score (nSPS) is 12.2. The molecular formula is C20H24ClN3O2S2. The molecule has 0 saturated carbocycles. The van der Waals surface area contributed by atoms with E-state index in [1.165, 1.54) is 0 Å². The van der Waals surface area contributed by atoms with E-state index in [4.69, 9.17) is 16.7 Å². The van der Waals surface area contributed by atoms with E-state index in [9.17, 15) is 8.42 Å². The lowest BCUT2D eigenvalue weighted by atomic mass is 10.1. The van der Waals surface area contributed by atoms with Gasteiger partial charge in [-0.25, -0.2) is 13.6 Å². The molecule has 2 aromatic carbocycles. The highest BCUT2D eigenvalue weighted by atomic mass is 35.5. The molecule has 0 saturated heterocycles. The van der Waals surface area contributed by atoms with Crippen molar-refractivity contribution in [3.05, 3.63) is 64.3 Å². The third-order valence-electron chi connectivity index (χ3n) is 4.57. The van der Waals surface area contributed by atoms with Gasteiger partial charge < -0.3 is 9.88 Å². The molecule has 0 aliphatic heterocycles. The molecule has 3 aromatic rings. The van der Waals surface area contributed by atoms with Crippen LogP contribution in [0.2, 0.25) is 5.02 Å². The van der Waals surface area contributed by atoms with Crippen molar-refractivity contribution in [2.75, 3.05) is 20.6 Å². The molecular weight excluding hydrogens is 414 g/mol. The van der Waals surface area contributed by atoms with Crippen LogP contribution < -0.4 is 5.14 Å². The molecule has 8 heteroatoms. The standard InChI is InChI=1S/C20H24ClN3O2S2/c1-24(2)10-9-20-17(13-27-12-14-5-3-4-6-18(14)21)16-11-15(28(22,25)26)7-8-19(16)23-20/h3-8,11,23H,9-10,12-13H2,1-2H3,(H2,22,25,26). The Morgan fingerprint density at radius 3 is 2.57 bits per heavy atom. The fraction of sp³-hybridized carbons (Fsp3) is 0.300. The summed E-state index contributed by atoms with van der Waals surface area (Å²) in [5.41, 5.74) is 4.27. The summed E-state index contributed by atoms with van der Waals surface area (Å²) >= 11 is 8.02. The second-order valence-corrected chi connectivity index (χ2v) is 9.93. The van der Waals surface area contributed by atoms with Crippen molar-refractivity contribution >= 4 is 44.3 Å². The number of hydrogen-bond acceptors (Lipinski definition) is 4. The first-order chi connectivity index (χ1) is 13.3. The fourth-order valence-electron chi connectivity index (χ4n) is 3.05. The van der Waals surface area contributed by atoms with Crippen LogP contribution in [0.4, 0.5) is 0 Å². The van der Waals surface area contributed by atoms with Crippen molar-refractivity contribution in [3.63, 3.8) is 0 Å². The van der Waals surface area contributed by atoms with Gasteiger partial charge >= 0.3 is 0 Å². The Hall–Kier alpha value is -1.51. The number of nitrogens with two attached hydrogens (primary N) is 1. The van der Waals surface area contributed by atoms with E-state index in [1.807, 2.05) is 38.4 Å². The van der Waals surface area contributed by atoms with Gasteiger partial charge in [-0.15, -0.1) is 0 Å². The van der Waals surface area contributed by atoms with Gasteiger partial charge in [0.15, 0.2) is 0 Å². The summed E-state index contributed by atoms with van der Waals surface area (Å²) in [6, 6.07) is 12.8. The van der Waals surface area contributed by atoms with Gasteiger partial charge in [-0.1, -0.05) is 29.8 Å². The summed E-state index contributed by atoms with van der Waals surface area (Å²) in [6.07, 6.45) is 0.856. The van der Waals surface area contributed by atoms with Crippen LogP contribution in [-0.4, -0.2) is 38.9 Å². The third kappa shape index (κ3) is 5.10. The van der Waals surface area contributed by atoms with E-state index < -0.39 is 10.0 Å². The number of halogens is 1. The smallest absolute Gasteiger partial charge is 0.238 e. The van der Waals surface area contributed by atoms with Crippen LogP contribution in [0.25, 0.3) is 10.9 Å². The van der Waals surface area contributed by atoms with Gasteiger partial charge in [0.05, 0.1) is 4.90 Å². The number of rotatable bonds is 8. The SMILES string of the molecule is CN(C)CCc1[nH]c2ccc(S(N)(=O)=O)cc2c1CSCc1ccccc1Cl. The number of nitrogens with one attached hydrogen (secondary N) is 1. The van der Waals surface area contributed by atoms with Crippen LogP contribution in [0.3, 0.4) is 0 Å². The molecule has 0 aliphatic rings. The van der Waals surface area contributed by atoms with Crippen molar-refractivity contribution in [2.24, 2.45) is 5.14 Å². The number of aromatic amines is 1. The lowest BCUT2D eigenvalue weighted by Gasteiger charge is -2.10. The zero-order valence-electron chi connectivity index (χ0n) is 15.9. The zero-order valence-corrected chi connectivity index (χ0v) is 18.3. The number of fused-ring (bicyclic) bond motifs is 1. The van der Waals surface area contributed by atoms with E-state index in [-0.39, 0.29) is 4.90 Å². The number of aromatic nitrogens is 1. The molecule has 3 N–H and O–H groups in total. The summed E-state index contributed by atoms with van der Waals surface area (Å²) < 4.78 is 23.6. The monoisotopic (exact) mass is 437 g/mol. The number of likely N-dealkylation sites (N-methyl/N-ethyl adjacent to an activating group) is 1. The maximum atomic E-state index is 11.8. The Bertz CT molecular complexity index is 1080. The van der Waals surface area contributed by atoms with Crippen molar-refractivity contribution in [1.82, 2.24) is 9.88 Å². The molecule has 0 atom stereocenters. The van der Waals surface area contributed by atoms with E-state index in [0.717, 1.165) is 57.2 Å². The Morgan fingerprint density at radius 2 is 1.89 bits per heavy atom. The first kappa shape index (κ1) is 21.2. The van der Waals surface area contributed by atoms with Crippen molar-refractivity contribution in [3.8, 4) is 0 Å². The molecule has 3 rings (SSSR count). The molecule has 0 radical (unpaired) electrons. The minimum Gasteiger partial charge on any atom is -0.358 e. The topological polar surface area (TPSA) is 79.2 Å². The summed E-state index contributed by atoms with van der Waals surface area (Å²) in [5.74, 6) is 1.54. The maximum Gasteiger partial charge on any atom is 0.238 e. The van der Waals surface area contributed by atoms with Gasteiger partial charge in [-0.3, -0.25) is 0 Å². The first-order valence-corrected chi connectivity index (χ1v) is 12.0. The molecule has 28 heavy (non-hydrogen) atoms. The predicted octanol–water partition coefficient (Wildman–Crippen LogP) is 4.01. The molecule has 0 fully saturated rings. The molecule has 5 nitrogen and oxygen atoms in total. The molecule has 150 valence electrons. The largest absolute Gasteiger partial charge is 0.358 e. The van der Waals surface area contributed by atoms with Gasteiger partial charge in [0.1, 0.15) is 0 Å². The second-order valence-electron chi connectivity index (χ2n) is 6.97. The predicted molar refractivity (Wildman–Crippen MR) is 118 cm³/mol. The number of nitrogens with zero attached hydrogens (tertiary/aromatic N) is 1. The molecule has 1 aromatic heterocycles. The average molecular weight is 438 g/mol. The van der Waals surface area contributed by atoms with Gasteiger partial charge in [0.25, 0.3) is 0 Å². The average Bonchev–Trinajstić information content (AvgIpc) is 2.98. The summed E-state index contributed by atoms with van der Waals surface area (Å²) in [4.78, 5) is 5.72. The van der Waals surface area contributed by atoms with Gasteiger partial charge in [0, 0.05) is 46.1 Å². The number of H-pyrrole nitrogens is 1. The number of thioether (sulfide) groups is 1. The lowest BCUT2D eigenvalue weighted by molar-refractivity contribution is 0.412. The van der Waals surface area contributed by atoms with Crippen LogP contribution in [0.15, 0.2) is 47.4 Å². The number of sulfonamides is 1. The molecule has 0 aliphatic carbocycles. The van der Waals surface area contributed by atoms with Gasteiger partial charge in [-0.2, -0.15) is 11.8 Å². The van der Waals surface area contributed by atoms with Crippen LogP contribution in [0.1, 0.15) is 16.8 Å². The number of benzene rings is 2. The van der Waals surface area contributed by atoms with Crippen LogP contribution in [0, 0.1) is 0 Å². The van der Waals surface area contributed by atoms with Crippen LogP contribution in [-0.2, 0) is 27.9 Å². The highest BCUT2D eigenvalue weighted by molar-refractivity contribution is 7.97. The molecule has 0 spiro atoms. The third-order valence-corrected chi connectivity index (χ3v) is 6.85. The molecule has 0 bridgehead atoms. The van der Waals surface area contributed by atoms with E-state index in [2.05, 4.69) is 9.88 Å².